The van der Waals surface area contributed by atoms with Crippen LogP contribution in [0.4, 0.5) is 5.69 Å². The molecule has 1 aromatic carbocycles. The van der Waals surface area contributed by atoms with Crippen LogP contribution in [0.25, 0.3) is 0 Å². The van der Waals surface area contributed by atoms with Gasteiger partial charge in [-0.3, -0.25) is 4.79 Å². The van der Waals surface area contributed by atoms with Gasteiger partial charge in [0.25, 0.3) is 5.91 Å². The van der Waals surface area contributed by atoms with E-state index in [4.69, 9.17) is 11.0 Å². The van der Waals surface area contributed by atoms with Crippen molar-refractivity contribution in [3.63, 3.8) is 0 Å². The summed E-state index contributed by atoms with van der Waals surface area (Å²) in [7, 11) is 1.70. The van der Waals surface area contributed by atoms with Crippen molar-refractivity contribution in [1.82, 2.24) is 4.90 Å². The van der Waals surface area contributed by atoms with Crippen LogP contribution >= 0.6 is 0 Å². The van der Waals surface area contributed by atoms with Gasteiger partial charge in [-0.05, 0) is 37.6 Å². The Kier molecular flexibility index (Phi) is 4.11. The number of carbonyl (C=O) groups is 1. The average molecular weight is 231 g/mol. The molecule has 1 rings (SSSR count). The van der Waals surface area contributed by atoms with Gasteiger partial charge in [0.1, 0.15) is 0 Å². The van der Waals surface area contributed by atoms with E-state index in [0.29, 0.717) is 17.7 Å². The van der Waals surface area contributed by atoms with Crippen molar-refractivity contribution >= 4 is 11.6 Å². The zero-order valence-corrected chi connectivity index (χ0v) is 10.4. The molecule has 0 saturated heterocycles. The van der Waals surface area contributed by atoms with E-state index in [1.54, 1.807) is 30.1 Å². The van der Waals surface area contributed by atoms with Crippen molar-refractivity contribution in [2.24, 2.45) is 0 Å². The minimum atomic E-state index is -0.0923. The second-order valence-electron chi connectivity index (χ2n) is 4.20. The molecule has 2 N–H and O–H groups in total. The van der Waals surface area contributed by atoms with Crippen molar-refractivity contribution in [2.45, 2.75) is 26.3 Å². The van der Waals surface area contributed by atoms with Crippen molar-refractivity contribution in [3.8, 4) is 6.07 Å². The molecule has 0 fully saturated rings. The van der Waals surface area contributed by atoms with Crippen LogP contribution in [0.15, 0.2) is 18.2 Å². The molecule has 0 aromatic heterocycles. The average Bonchev–Trinajstić information content (AvgIpc) is 2.31. The summed E-state index contributed by atoms with van der Waals surface area (Å²) < 4.78 is 0. The molecule has 17 heavy (non-hydrogen) atoms. The fraction of sp³-hybridized carbons (Fsp3) is 0.385. The van der Waals surface area contributed by atoms with Crippen LogP contribution in [0, 0.1) is 18.3 Å². The summed E-state index contributed by atoms with van der Waals surface area (Å²) in [4.78, 5) is 13.7. The molecule has 4 heteroatoms. The molecule has 0 aliphatic rings. The Bertz CT molecular complexity index is 462. The molecule has 1 unspecified atom stereocenters. The Labute approximate surface area is 102 Å². The van der Waals surface area contributed by atoms with Crippen molar-refractivity contribution < 1.29 is 4.79 Å². The highest BCUT2D eigenvalue weighted by Crippen LogP contribution is 2.15. The highest BCUT2D eigenvalue weighted by molar-refractivity contribution is 5.94. The lowest BCUT2D eigenvalue weighted by molar-refractivity contribution is 0.0746. The molecule has 0 aliphatic heterocycles. The quantitative estimate of drug-likeness (QED) is 0.808. The molecule has 90 valence electrons. The topological polar surface area (TPSA) is 70.1 Å². The molecular formula is C13H17N3O. The maximum Gasteiger partial charge on any atom is 0.253 e. The number of carbonyl (C=O) groups excluding carboxylic acids is 1. The van der Waals surface area contributed by atoms with Crippen molar-refractivity contribution in [2.75, 3.05) is 12.8 Å². The number of nitriles is 1. The zero-order chi connectivity index (χ0) is 13.0. The van der Waals surface area contributed by atoms with Crippen LogP contribution in [0.3, 0.4) is 0 Å². The standard InChI is InChI=1S/C13H17N3O/c1-9-8-11(4-5-12(9)15)13(17)16(3)10(2)6-7-14/h4-5,8,10H,6,15H2,1-3H3. The van der Waals surface area contributed by atoms with Crippen LogP contribution in [-0.4, -0.2) is 23.9 Å². The molecule has 0 saturated carbocycles. The number of anilines is 1. The third-order valence-corrected chi connectivity index (χ3v) is 2.88. The Morgan fingerprint density at radius 3 is 2.76 bits per heavy atom. The smallest absolute Gasteiger partial charge is 0.253 e. The number of rotatable bonds is 3. The highest BCUT2D eigenvalue weighted by atomic mass is 16.2. The minimum Gasteiger partial charge on any atom is -0.399 e. The van der Waals surface area contributed by atoms with Gasteiger partial charge < -0.3 is 10.6 Å². The van der Waals surface area contributed by atoms with Crippen molar-refractivity contribution in [1.29, 1.82) is 5.26 Å². The van der Waals surface area contributed by atoms with Gasteiger partial charge in [0.2, 0.25) is 0 Å². The predicted molar refractivity (Wildman–Crippen MR) is 67.4 cm³/mol. The Morgan fingerprint density at radius 1 is 1.59 bits per heavy atom. The van der Waals surface area contributed by atoms with Gasteiger partial charge >= 0.3 is 0 Å². The van der Waals surface area contributed by atoms with E-state index in [-0.39, 0.29) is 11.9 Å². The van der Waals surface area contributed by atoms with Gasteiger partial charge in [0, 0.05) is 24.3 Å². The van der Waals surface area contributed by atoms with Crippen LogP contribution in [0.1, 0.15) is 29.3 Å². The lowest BCUT2D eigenvalue weighted by Gasteiger charge is -2.23. The summed E-state index contributed by atoms with van der Waals surface area (Å²) in [6.45, 7) is 3.72. The number of nitrogens with zero attached hydrogens (tertiary/aromatic N) is 2. The van der Waals surface area contributed by atoms with E-state index in [1.807, 2.05) is 13.8 Å². The molecule has 1 atom stereocenters. The minimum absolute atomic E-state index is 0.0872. The fourth-order valence-corrected chi connectivity index (χ4v) is 1.48. The van der Waals surface area contributed by atoms with Crippen LogP contribution in [-0.2, 0) is 0 Å². The summed E-state index contributed by atoms with van der Waals surface area (Å²) in [6.07, 6.45) is 0.330. The molecule has 0 radical (unpaired) electrons. The second-order valence-corrected chi connectivity index (χ2v) is 4.20. The maximum atomic E-state index is 12.1. The Balaban J connectivity index is 2.89. The summed E-state index contributed by atoms with van der Waals surface area (Å²) in [6, 6.07) is 7.18. The van der Waals surface area contributed by atoms with Gasteiger partial charge in [-0.1, -0.05) is 0 Å². The van der Waals surface area contributed by atoms with Crippen LogP contribution in [0.2, 0.25) is 0 Å². The van der Waals surface area contributed by atoms with E-state index >= 15 is 0 Å². The molecule has 1 amide bonds. The van der Waals surface area contributed by atoms with E-state index < -0.39 is 0 Å². The molecule has 4 nitrogen and oxygen atoms in total. The molecule has 0 bridgehead atoms. The van der Waals surface area contributed by atoms with Gasteiger partial charge in [-0.2, -0.15) is 5.26 Å². The van der Waals surface area contributed by atoms with Gasteiger partial charge in [0.05, 0.1) is 12.5 Å². The van der Waals surface area contributed by atoms with Crippen LogP contribution < -0.4 is 5.73 Å². The molecule has 1 aromatic rings. The van der Waals surface area contributed by atoms with E-state index in [0.717, 1.165) is 5.56 Å². The Morgan fingerprint density at radius 2 is 2.24 bits per heavy atom. The largest absolute Gasteiger partial charge is 0.399 e. The predicted octanol–water partition coefficient (Wildman–Crippen LogP) is 1.95. The monoisotopic (exact) mass is 231 g/mol. The number of nitrogens with two attached hydrogens (primary N) is 1. The fourth-order valence-electron chi connectivity index (χ4n) is 1.48. The number of hydrogen-bond acceptors (Lipinski definition) is 3. The normalized spacial score (nSPS) is 11.6. The molecule has 0 aliphatic carbocycles. The van der Waals surface area contributed by atoms with Gasteiger partial charge in [-0.25, -0.2) is 0 Å². The summed E-state index contributed by atoms with van der Waals surface area (Å²) >= 11 is 0. The third kappa shape index (κ3) is 2.97. The second kappa shape index (κ2) is 5.35. The first-order chi connectivity index (χ1) is 7.97. The molecular weight excluding hydrogens is 214 g/mol. The summed E-state index contributed by atoms with van der Waals surface area (Å²) in [5.41, 5.74) is 7.87. The lowest BCUT2D eigenvalue weighted by atomic mass is 10.1. The highest BCUT2D eigenvalue weighted by Gasteiger charge is 2.17. The van der Waals surface area contributed by atoms with E-state index in [9.17, 15) is 4.79 Å². The van der Waals surface area contributed by atoms with Crippen molar-refractivity contribution in [3.05, 3.63) is 29.3 Å². The number of aryl methyl sites for hydroxylation is 1. The van der Waals surface area contributed by atoms with Crippen LogP contribution in [0.5, 0.6) is 0 Å². The first-order valence-electron chi connectivity index (χ1n) is 5.47. The SMILES string of the molecule is Cc1cc(C(=O)N(C)C(C)CC#N)ccc1N. The number of benzene rings is 1. The summed E-state index contributed by atoms with van der Waals surface area (Å²) in [5, 5.41) is 8.61. The van der Waals surface area contributed by atoms with Gasteiger partial charge in [0.15, 0.2) is 0 Å². The first kappa shape index (κ1) is 13.0. The number of hydrogen-bond donors (Lipinski definition) is 1. The maximum absolute atomic E-state index is 12.1. The lowest BCUT2D eigenvalue weighted by Crippen LogP contribution is -2.34. The number of amides is 1. The van der Waals surface area contributed by atoms with E-state index in [1.165, 1.54) is 0 Å². The first-order valence-corrected chi connectivity index (χ1v) is 5.47. The van der Waals surface area contributed by atoms with E-state index in [2.05, 4.69) is 6.07 Å². The summed E-state index contributed by atoms with van der Waals surface area (Å²) in [5.74, 6) is -0.0872. The molecule has 0 spiro atoms. The molecule has 0 heterocycles. The third-order valence-electron chi connectivity index (χ3n) is 2.88. The van der Waals surface area contributed by atoms with Gasteiger partial charge in [-0.15, -0.1) is 0 Å². The zero-order valence-electron chi connectivity index (χ0n) is 10.4. The Hall–Kier alpha value is -2.02. The number of nitrogen functional groups attached to an aromatic ring is 1.